The molecule has 2 N–H and O–H groups in total. The Labute approximate surface area is 98.0 Å². The molecule has 1 unspecified atom stereocenters. The predicted molar refractivity (Wildman–Crippen MR) is 63.7 cm³/mol. The quantitative estimate of drug-likeness (QED) is 0.729. The van der Waals surface area contributed by atoms with Gasteiger partial charge in [-0.2, -0.15) is 4.31 Å². The molecule has 1 aliphatic heterocycles. The van der Waals surface area contributed by atoms with Gasteiger partial charge in [0.2, 0.25) is 10.0 Å². The van der Waals surface area contributed by atoms with Gasteiger partial charge in [0, 0.05) is 25.7 Å². The largest absolute Gasteiger partial charge is 0.377 e. The SMILES string of the molecule is CC(C)N(CCN)S(=O)(=O)CC1CCCO1. The van der Waals surface area contributed by atoms with Crippen LogP contribution in [0.4, 0.5) is 0 Å². The smallest absolute Gasteiger partial charge is 0.216 e. The van der Waals surface area contributed by atoms with E-state index in [-0.39, 0.29) is 17.9 Å². The van der Waals surface area contributed by atoms with Crippen molar-refractivity contribution in [3.05, 3.63) is 0 Å². The molecule has 0 aliphatic carbocycles. The highest BCUT2D eigenvalue weighted by Crippen LogP contribution is 2.17. The van der Waals surface area contributed by atoms with Crippen LogP contribution in [-0.2, 0) is 14.8 Å². The molecule has 0 radical (unpaired) electrons. The number of hydrogen-bond donors (Lipinski definition) is 1. The molecule has 16 heavy (non-hydrogen) atoms. The van der Waals surface area contributed by atoms with E-state index in [1.54, 1.807) is 0 Å². The van der Waals surface area contributed by atoms with Crippen LogP contribution in [-0.4, -0.2) is 50.3 Å². The fraction of sp³-hybridized carbons (Fsp3) is 1.00. The second kappa shape index (κ2) is 5.95. The van der Waals surface area contributed by atoms with Crippen LogP contribution in [0, 0.1) is 0 Å². The molecule has 0 aromatic heterocycles. The van der Waals surface area contributed by atoms with E-state index in [4.69, 9.17) is 10.5 Å². The molecular formula is C10H22N2O3S. The van der Waals surface area contributed by atoms with Gasteiger partial charge >= 0.3 is 0 Å². The number of hydrogen-bond acceptors (Lipinski definition) is 4. The Hall–Kier alpha value is -0.170. The van der Waals surface area contributed by atoms with Crippen LogP contribution in [0.3, 0.4) is 0 Å². The Morgan fingerprint density at radius 1 is 1.50 bits per heavy atom. The van der Waals surface area contributed by atoms with E-state index in [1.165, 1.54) is 4.31 Å². The van der Waals surface area contributed by atoms with Crippen LogP contribution in [0.15, 0.2) is 0 Å². The molecule has 96 valence electrons. The first-order chi connectivity index (χ1) is 7.47. The molecule has 1 atom stereocenters. The highest BCUT2D eigenvalue weighted by atomic mass is 32.2. The maximum Gasteiger partial charge on any atom is 0.216 e. The summed E-state index contributed by atoms with van der Waals surface area (Å²) in [7, 11) is -3.24. The van der Waals surface area contributed by atoms with E-state index < -0.39 is 10.0 Å². The topological polar surface area (TPSA) is 72.6 Å². The van der Waals surface area contributed by atoms with Gasteiger partial charge in [0.25, 0.3) is 0 Å². The number of sulfonamides is 1. The Morgan fingerprint density at radius 2 is 2.19 bits per heavy atom. The van der Waals surface area contributed by atoms with E-state index >= 15 is 0 Å². The number of nitrogens with two attached hydrogens (primary N) is 1. The fourth-order valence-electron chi connectivity index (χ4n) is 1.95. The van der Waals surface area contributed by atoms with Gasteiger partial charge in [0.1, 0.15) is 0 Å². The standard InChI is InChI=1S/C10H22N2O3S/c1-9(2)12(6-5-11)16(13,14)8-10-4-3-7-15-10/h9-10H,3-8,11H2,1-2H3. The lowest BCUT2D eigenvalue weighted by Gasteiger charge is -2.26. The summed E-state index contributed by atoms with van der Waals surface area (Å²) in [6, 6.07) is -0.0463. The Kier molecular flexibility index (Phi) is 5.17. The van der Waals surface area contributed by atoms with Gasteiger partial charge in [0.15, 0.2) is 0 Å². The first-order valence-electron chi connectivity index (χ1n) is 5.78. The van der Waals surface area contributed by atoms with Crippen molar-refractivity contribution in [3.63, 3.8) is 0 Å². The first kappa shape index (κ1) is 13.9. The van der Waals surface area contributed by atoms with Crippen molar-refractivity contribution in [1.82, 2.24) is 4.31 Å². The van der Waals surface area contributed by atoms with Gasteiger partial charge in [-0.1, -0.05) is 0 Å². The van der Waals surface area contributed by atoms with E-state index in [0.29, 0.717) is 19.7 Å². The minimum absolute atomic E-state index is 0.0463. The molecule has 1 rings (SSSR count). The summed E-state index contributed by atoms with van der Waals surface area (Å²) in [4.78, 5) is 0. The summed E-state index contributed by atoms with van der Waals surface area (Å²) in [6.45, 7) is 5.14. The summed E-state index contributed by atoms with van der Waals surface area (Å²) < 4.78 is 31.0. The normalized spacial score (nSPS) is 22.2. The summed E-state index contributed by atoms with van der Waals surface area (Å²) in [5, 5.41) is 0. The van der Waals surface area contributed by atoms with E-state index in [2.05, 4.69) is 0 Å². The molecule has 1 heterocycles. The van der Waals surface area contributed by atoms with E-state index in [0.717, 1.165) is 12.8 Å². The monoisotopic (exact) mass is 250 g/mol. The van der Waals surface area contributed by atoms with Gasteiger partial charge in [-0.3, -0.25) is 0 Å². The van der Waals surface area contributed by atoms with Crippen molar-refractivity contribution in [3.8, 4) is 0 Å². The first-order valence-corrected chi connectivity index (χ1v) is 7.39. The molecule has 1 aliphatic rings. The van der Waals surface area contributed by atoms with Gasteiger partial charge in [-0.25, -0.2) is 8.42 Å². The molecule has 0 amide bonds. The van der Waals surface area contributed by atoms with Crippen molar-refractivity contribution in [1.29, 1.82) is 0 Å². The molecule has 1 fully saturated rings. The average molecular weight is 250 g/mol. The highest BCUT2D eigenvalue weighted by Gasteiger charge is 2.29. The molecule has 6 heteroatoms. The van der Waals surface area contributed by atoms with Gasteiger partial charge in [-0.15, -0.1) is 0 Å². The summed E-state index contributed by atoms with van der Waals surface area (Å²) in [5.74, 6) is 0.0885. The minimum atomic E-state index is -3.24. The fourth-order valence-corrected chi connectivity index (χ4v) is 3.90. The maximum atomic E-state index is 12.1. The van der Waals surface area contributed by atoms with Crippen LogP contribution in [0.5, 0.6) is 0 Å². The molecule has 0 spiro atoms. The zero-order chi connectivity index (χ0) is 12.2. The lowest BCUT2D eigenvalue weighted by molar-refractivity contribution is 0.126. The Bertz CT molecular complexity index is 297. The van der Waals surface area contributed by atoms with Gasteiger partial charge in [0.05, 0.1) is 11.9 Å². The maximum absolute atomic E-state index is 12.1. The van der Waals surface area contributed by atoms with Crippen molar-refractivity contribution in [2.24, 2.45) is 5.73 Å². The highest BCUT2D eigenvalue weighted by molar-refractivity contribution is 7.89. The lowest BCUT2D eigenvalue weighted by atomic mass is 10.3. The third-order valence-corrected chi connectivity index (χ3v) is 4.82. The molecule has 5 nitrogen and oxygen atoms in total. The van der Waals surface area contributed by atoms with Crippen LogP contribution < -0.4 is 5.73 Å². The zero-order valence-electron chi connectivity index (χ0n) is 10.1. The number of ether oxygens (including phenoxy) is 1. The summed E-state index contributed by atoms with van der Waals surface area (Å²) in [5.41, 5.74) is 5.43. The third kappa shape index (κ3) is 3.69. The molecule has 0 aromatic carbocycles. The molecule has 1 saturated heterocycles. The number of nitrogens with zero attached hydrogens (tertiary/aromatic N) is 1. The summed E-state index contributed by atoms with van der Waals surface area (Å²) in [6.07, 6.45) is 1.66. The second-order valence-electron chi connectivity index (χ2n) is 4.41. The van der Waals surface area contributed by atoms with E-state index in [9.17, 15) is 8.42 Å². The third-order valence-electron chi connectivity index (χ3n) is 2.70. The van der Waals surface area contributed by atoms with E-state index in [1.807, 2.05) is 13.8 Å². The molecule has 0 aromatic rings. The number of rotatable bonds is 6. The van der Waals surface area contributed by atoms with Gasteiger partial charge in [-0.05, 0) is 26.7 Å². The molecular weight excluding hydrogens is 228 g/mol. The van der Waals surface area contributed by atoms with Crippen molar-refractivity contribution < 1.29 is 13.2 Å². The van der Waals surface area contributed by atoms with Crippen molar-refractivity contribution in [2.75, 3.05) is 25.4 Å². The van der Waals surface area contributed by atoms with Crippen molar-refractivity contribution >= 4 is 10.0 Å². The Balaban J connectivity index is 2.64. The predicted octanol–water partition coefficient (Wildman–Crippen LogP) is 0.164. The van der Waals surface area contributed by atoms with Crippen LogP contribution >= 0.6 is 0 Å². The molecule has 0 bridgehead atoms. The second-order valence-corrected chi connectivity index (χ2v) is 6.37. The van der Waals surface area contributed by atoms with Crippen LogP contribution in [0.1, 0.15) is 26.7 Å². The van der Waals surface area contributed by atoms with Crippen LogP contribution in [0.2, 0.25) is 0 Å². The van der Waals surface area contributed by atoms with Crippen molar-refractivity contribution in [2.45, 2.75) is 38.8 Å². The average Bonchev–Trinajstić information content (AvgIpc) is 2.65. The Morgan fingerprint density at radius 3 is 2.62 bits per heavy atom. The lowest BCUT2D eigenvalue weighted by Crippen LogP contribution is -2.43. The zero-order valence-corrected chi connectivity index (χ0v) is 10.9. The summed E-state index contributed by atoms with van der Waals surface area (Å²) >= 11 is 0. The van der Waals surface area contributed by atoms with Crippen LogP contribution in [0.25, 0.3) is 0 Å². The molecule has 0 saturated carbocycles. The van der Waals surface area contributed by atoms with Gasteiger partial charge < -0.3 is 10.5 Å². The minimum Gasteiger partial charge on any atom is -0.377 e.